The van der Waals surface area contributed by atoms with Gasteiger partial charge in [-0.05, 0) is 37.0 Å². The Labute approximate surface area is 222 Å². The molecule has 0 N–H and O–H groups in total. The van der Waals surface area contributed by atoms with Crippen LogP contribution in [0.3, 0.4) is 0 Å². The molecule has 1 heterocycles. The van der Waals surface area contributed by atoms with E-state index in [0.717, 1.165) is 0 Å². The molecule has 4 aliphatic rings. The van der Waals surface area contributed by atoms with Gasteiger partial charge in [-0.2, -0.15) is 0 Å². The zero-order chi connectivity index (χ0) is 28.2. The standard InChI is InChI=1S/C28H38O10/c1-14(29)35-20-12-17-18(26(4)11-9-19(32)24(23(20)26)36-15(2)30)8-10-27(5,25(17)37-16(3)31)21-13-22(33)38-28(21,6)34-7/h13,17-18,20,23-25H,8-12H2,1-7H3/t17?,18?,20?,23?,24-,25+,26+,27+,28+/m0/s1. The zero-order valence-corrected chi connectivity index (χ0v) is 23.2. The lowest BCUT2D eigenvalue weighted by atomic mass is 9.44. The van der Waals surface area contributed by atoms with Gasteiger partial charge in [-0.1, -0.05) is 13.8 Å². The summed E-state index contributed by atoms with van der Waals surface area (Å²) in [6.45, 7) is 9.59. The Bertz CT molecular complexity index is 1080. The summed E-state index contributed by atoms with van der Waals surface area (Å²) in [7, 11) is 1.46. The third-order valence-corrected chi connectivity index (χ3v) is 9.53. The van der Waals surface area contributed by atoms with E-state index in [9.17, 15) is 24.0 Å². The molecule has 38 heavy (non-hydrogen) atoms. The minimum Gasteiger partial charge on any atom is -0.462 e. The monoisotopic (exact) mass is 534 g/mol. The molecule has 0 bridgehead atoms. The van der Waals surface area contributed by atoms with Crippen molar-refractivity contribution in [2.24, 2.45) is 28.6 Å². The molecule has 0 amide bonds. The number of fused-ring (bicyclic) bond motifs is 3. The molecular weight excluding hydrogens is 496 g/mol. The molecule has 0 spiro atoms. The highest BCUT2D eigenvalue weighted by Gasteiger charge is 2.66. The second-order valence-corrected chi connectivity index (χ2v) is 11.8. The topological polar surface area (TPSA) is 132 Å². The SMILES string of the molecule is CO[C@]1(C)OC(=O)C=C1[C@@]1(C)CCC2C(CC(OC(C)=O)C3[C@@H](OC(C)=O)C(=O)CC[C@]23C)[C@H]1OC(C)=O. The molecule has 1 aliphatic heterocycles. The molecule has 10 heteroatoms. The molecule has 3 saturated carbocycles. The minimum atomic E-state index is -1.31. The Morgan fingerprint density at radius 2 is 1.58 bits per heavy atom. The highest BCUT2D eigenvalue weighted by Crippen LogP contribution is 2.64. The van der Waals surface area contributed by atoms with Crippen LogP contribution in [0.25, 0.3) is 0 Å². The first-order valence-electron chi connectivity index (χ1n) is 13.2. The van der Waals surface area contributed by atoms with E-state index in [0.29, 0.717) is 31.3 Å². The van der Waals surface area contributed by atoms with Crippen molar-refractivity contribution in [3.05, 3.63) is 11.6 Å². The number of carbonyl (C=O) groups is 5. The number of hydrogen-bond acceptors (Lipinski definition) is 10. The van der Waals surface area contributed by atoms with E-state index in [2.05, 4.69) is 6.92 Å². The van der Waals surface area contributed by atoms with Gasteiger partial charge in [0.1, 0.15) is 12.2 Å². The van der Waals surface area contributed by atoms with Crippen molar-refractivity contribution in [2.45, 2.75) is 97.7 Å². The van der Waals surface area contributed by atoms with E-state index in [1.807, 2.05) is 6.92 Å². The maximum atomic E-state index is 13.0. The van der Waals surface area contributed by atoms with Crippen LogP contribution >= 0.6 is 0 Å². The lowest BCUT2D eigenvalue weighted by Crippen LogP contribution is -2.65. The van der Waals surface area contributed by atoms with Crippen LogP contribution in [0.1, 0.15) is 73.6 Å². The van der Waals surface area contributed by atoms with Gasteiger partial charge in [0.25, 0.3) is 0 Å². The number of hydrogen-bond donors (Lipinski definition) is 0. The summed E-state index contributed by atoms with van der Waals surface area (Å²) in [5.74, 6) is -4.41. The van der Waals surface area contributed by atoms with Gasteiger partial charge < -0.3 is 23.7 Å². The van der Waals surface area contributed by atoms with Crippen molar-refractivity contribution < 1.29 is 47.7 Å². The third kappa shape index (κ3) is 4.54. The molecule has 0 aromatic rings. The number of ether oxygens (including phenoxy) is 5. The van der Waals surface area contributed by atoms with Crippen molar-refractivity contribution in [1.29, 1.82) is 0 Å². The van der Waals surface area contributed by atoms with Gasteiger partial charge in [0.05, 0.1) is 0 Å². The van der Waals surface area contributed by atoms with Crippen LogP contribution in [-0.4, -0.2) is 60.9 Å². The average Bonchev–Trinajstić information content (AvgIpc) is 3.12. The molecule has 0 aromatic carbocycles. The number of carbonyl (C=O) groups excluding carboxylic acids is 5. The second-order valence-electron chi connectivity index (χ2n) is 11.8. The Morgan fingerprint density at radius 3 is 2.16 bits per heavy atom. The van der Waals surface area contributed by atoms with Crippen LogP contribution in [0.15, 0.2) is 11.6 Å². The van der Waals surface area contributed by atoms with Gasteiger partial charge in [0.2, 0.25) is 5.79 Å². The highest BCUT2D eigenvalue weighted by atomic mass is 16.7. The van der Waals surface area contributed by atoms with Gasteiger partial charge in [-0.15, -0.1) is 0 Å². The van der Waals surface area contributed by atoms with Crippen molar-refractivity contribution in [1.82, 2.24) is 0 Å². The number of Topliss-reactive ketones (excluding diaryl/α,β-unsaturated/α-hetero) is 1. The molecular formula is C28H38O10. The van der Waals surface area contributed by atoms with E-state index in [4.69, 9.17) is 23.7 Å². The number of methoxy groups -OCH3 is 1. The third-order valence-electron chi connectivity index (χ3n) is 9.53. The predicted molar refractivity (Wildman–Crippen MR) is 131 cm³/mol. The predicted octanol–water partition coefficient (Wildman–Crippen LogP) is 3.05. The summed E-state index contributed by atoms with van der Waals surface area (Å²) >= 11 is 0. The van der Waals surface area contributed by atoms with Crippen molar-refractivity contribution in [2.75, 3.05) is 7.11 Å². The van der Waals surface area contributed by atoms with Crippen molar-refractivity contribution in [3.63, 3.8) is 0 Å². The van der Waals surface area contributed by atoms with Gasteiger partial charge in [-0.25, -0.2) is 4.79 Å². The summed E-state index contributed by atoms with van der Waals surface area (Å²) in [6.07, 6.45) is 1.28. The summed E-state index contributed by atoms with van der Waals surface area (Å²) in [5.41, 5.74) is -0.763. The second kappa shape index (κ2) is 9.77. The first-order valence-corrected chi connectivity index (χ1v) is 13.2. The van der Waals surface area contributed by atoms with Crippen LogP contribution < -0.4 is 0 Å². The quantitative estimate of drug-likeness (QED) is 0.383. The largest absolute Gasteiger partial charge is 0.462 e. The number of esters is 4. The zero-order valence-electron chi connectivity index (χ0n) is 23.2. The smallest absolute Gasteiger partial charge is 0.333 e. The Hall–Kier alpha value is -2.75. The van der Waals surface area contributed by atoms with Gasteiger partial charge in [0, 0.05) is 70.1 Å². The van der Waals surface area contributed by atoms with Crippen LogP contribution in [-0.2, 0) is 47.7 Å². The molecule has 210 valence electrons. The maximum Gasteiger partial charge on any atom is 0.333 e. The van der Waals surface area contributed by atoms with E-state index < -0.39 is 64.7 Å². The fraction of sp³-hybridized carbons (Fsp3) is 0.750. The number of cyclic esters (lactones) is 1. The Balaban J connectivity index is 1.82. The first-order chi connectivity index (χ1) is 17.7. The fourth-order valence-electron chi connectivity index (χ4n) is 8.01. The van der Waals surface area contributed by atoms with E-state index in [-0.39, 0.29) is 24.0 Å². The number of rotatable bonds is 5. The lowest BCUT2D eigenvalue weighted by molar-refractivity contribution is -0.228. The summed E-state index contributed by atoms with van der Waals surface area (Å²) < 4.78 is 28.6. The van der Waals surface area contributed by atoms with Crippen LogP contribution in [0, 0.1) is 28.6 Å². The molecule has 9 atom stereocenters. The maximum absolute atomic E-state index is 13.0. The summed E-state index contributed by atoms with van der Waals surface area (Å²) in [4.78, 5) is 62.0. The van der Waals surface area contributed by atoms with Crippen LogP contribution in [0.4, 0.5) is 0 Å². The normalized spacial score (nSPS) is 42.2. The molecule has 0 saturated heterocycles. The molecule has 3 fully saturated rings. The lowest BCUT2D eigenvalue weighted by Gasteiger charge is -2.62. The first kappa shape index (κ1) is 28.3. The fourth-order valence-corrected chi connectivity index (χ4v) is 8.01. The van der Waals surface area contributed by atoms with Gasteiger partial charge in [-0.3, -0.25) is 19.2 Å². The molecule has 4 rings (SSSR count). The van der Waals surface area contributed by atoms with Crippen molar-refractivity contribution >= 4 is 29.7 Å². The molecule has 3 aliphatic carbocycles. The Morgan fingerprint density at radius 1 is 0.947 bits per heavy atom. The van der Waals surface area contributed by atoms with Crippen LogP contribution in [0.2, 0.25) is 0 Å². The molecule has 10 nitrogen and oxygen atoms in total. The molecule has 0 radical (unpaired) electrons. The Kier molecular flexibility index (Phi) is 7.27. The minimum absolute atomic E-state index is 0.0321. The van der Waals surface area contributed by atoms with E-state index >= 15 is 0 Å². The molecule has 0 aromatic heterocycles. The molecule has 4 unspecified atom stereocenters. The van der Waals surface area contributed by atoms with Gasteiger partial charge >= 0.3 is 23.9 Å². The van der Waals surface area contributed by atoms with E-state index in [1.165, 1.54) is 34.0 Å². The van der Waals surface area contributed by atoms with Crippen molar-refractivity contribution in [3.8, 4) is 0 Å². The number of ketones is 1. The van der Waals surface area contributed by atoms with Gasteiger partial charge in [0.15, 0.2) is 11.9 Å². The highest BCUT2D eigenvalue weighted by molar-refractivity contribution is 5.87. The van der Waals surface area contributed by atoms with Crippen LogP contribution in [0.5, 0.6) is 0 Å². The summed E-state index contributed by atoms with van der Waals surface area (Å²) in [5, 5.41) is 0. The average molecular weight is 535 g/mol. The summed E-state index contributed by atoms with van der Waals surface area (Å²) in [6, 6.07) is 0. The van der Waals surface area contributed by atoms with E-state index in [1.54, 1.807) is 6.92 Å².